The number of carbonyl (C=O) groups excluding carboxylic acids is 1. The lowest BCUT2D eigenvalue weighted by Gasteiger charge is -2.33. The maximum atomic E-state index is 12.7. The Bertz CT molecular complexity index is 854. The molecule has 166 valence electrons. The van der Waals surface area contributed by atoms with Crippen molar-refractivity contribution in [2.75, 3.05) is 6.61 Å². The zero-order chi connectivity index (χ0) is 22.1. The minimum Gasteiger partial charge on any atom is -0.491 e. The first-order valence-electron chi connectivity index (χ1n) is 11.2. The summed E-state index contributed by atoms with van der Waals surface area (Å²) in [7, 11) is 0. The van der Waals surface area contributed by atoms with Crippen LogP contribution < -0.4 is 15.2 Å². The molecule has 31 heavy (non-hydrogen) atoms. The molecule has 0 amide bonds. The summed E-state index contributed by atoms with van der Waals surface area (Å²) < 4.78 is 11.9. The van der Waals surface area contributed by atoms with Gasteiger partial charge in [-0.15, -0.1) is 0 Å². The molecular weight excluding hydrogens is 388 g/mol. The molecule has 2 aromatic rings. The Morgan fingerprint density at radius 3 is 2.16 bits per heavy atom. The van der Waals surface area contributed by atoms with Crippen LogP contribution in [0.4, 0.5) is 0 Å². The highest BCUT2D eigenvalue weighted by Crippen LogP contribution is 2.34. The molecule has 0 radical (unpaired) electrons. The van der Waals surface area contributed by atoms with Crippen LogP contribution in [-0.4, -0.2) is 23.8 Å². The molecule has 0 saturated heterocycles. The third-order valence-corrected chi connectivity index (χ3v) is 5.95. The van der Waals surface area contributed by atoms with Crippen LogP contribution in [0.2, 0.25) is 0 Å². The Morgan fingerprint density at radius 1 is 0.968 bits per heavy atom. The summed E-state index contributed by atoms with van der Waals surface area (Å²) in [6.45, 7) is 4.04. The smallest absolute Gasteiger partial charge is 0.160 e. The van der Waals surface area contributed by atoms with E-state index in [1.165, 1.54) is 19.3 Å². The molecule has 0 aromatic heterocycles. The van der Waals surface area contributed by atoms with E-state index in [4.69, 9.17) is 15.2 Å². The zero-order valence-electron chi connectivity index (χ0n) is 18.7. The zero-order valence-corrected chi connectivity index (χ0v) is 18.7. The van der Waals surface area contributed by atoms with Gasteiger partial charge in [-0.05, 0) is 56.0 Å². The van der Waals surface area contributed by atoms with Crippen molar-refractivity contribution in [3.63, 3.8) is 0 Å². The van der Waals surface area contributed by atoms with Gasteiger partial charge in [-0.25, -0.2) is 0 Å². The Hall–Kier alpha value is -2.82. The first-order chi connectivity index (χ1) is 15.0. The molecule has 0 bridgehead atoms. The molecule has 0 spiro atoms. The van der Waals surface area contributed by atoms with Crippen LogP contribution in [0.25, 0.3) is 0 Å². The summed E-state index contributed by atoms with van der Waals surface area (Å²) in [5.41, 5.74) is 6.11. The average Bonchev–Trinajstić information content (AvgIpc) is 2.77. The summed E-state index contributed by atoms with van der Waals surface area (Å²) in [6, 6.07) is 17.5. The number of ether oxygens (including phenoxy) is 2. The Labute approximate surface area is 185 Å². The van der Waals surface area contributed by atoms with Gasteiger partial charge in [0.05, 0.1) is 5.84 Å². The fraction of sp³-hybridized carbons (Fsp3) is 0.462. The lowest BCUT2D eigenvalue weighted by Crippen LogP contribution is -2.44. The first-order valence-corrected chi connectivity index (χ1v) is 11.2. The van der Waals surface area contributed by atoms with E-state index in [1.807, 2.05) is 54.6 Å². The first kappa shape index (κ1) is 22.9. The molecule has 0 aliphatic heterocycles. The van der Waals surface area contributed by atoms with E-state index >= 15 is 0 Å². The van der Waals surface area contributed by atoms with Crippen molar-refractivity contribution in [3.8, 4) is 11.5 Å². The van der Waals surface area contributed by atoms with Crippen LogP contribution in [0.5, 0.6) is 11.5 Å². The van der Waals surface area contributed by atoms with Crippen molar-refractivity contribution >= 4 is 11.6 Å². The quantitative estimate of drug-likeness (QED) is 0.415. The van der Waals surface area contributed by atoms with Gasteiger partial charge in [0.25, 0.3) is 0 Å². The summed E-state index contributed by atoms with van der Waals surface area (Å²) >= 11 is 0. The number of rotatable bonds is 10. The van der Waals surface area contributed by atoms with Gasteiger partial charge in [0.15, 0.2) is 11.3 Å². The van der Waals surface area contributed by atoms with Crippen molar-refractivity contribution in [2.24, 2.45) is 16.6 Å². The number of hydrogen-bond donors (Lipinski definition) is 1. The van der Waals surface area contributed by atoms with Crippen molar-refractivity contribution in [1.82, 2.24) is 0 Å². The van der Waals surface area contributed by atoms with E-state index in [0.29, 0.717) is 30.5 Å². The monoisotopic (exact) mass is 422 g/mol. The van der Waals surface area contributed by atoms with Crippen LogP contribution >= 0.6 is 0 Å². The van der Waals surface area contributed by atoms with E-state index in [0.717, 1.165) is 24.2 Å². The average molecular weight is 423 g/mol. The van der Waals surface area contributed by atoms with Gasteiger partial charge in [-0.2, -0.15) is 0 Å². The maximum absolute atomic E-state index is 12.7. The van der Waals surface area contributed by atoms with Crippen molar-refractivity contribution in [2.45, 2.75) is 64.5 Å². The van der Waals surface area contributed by atoms with E-state index in [9.17, 15) is 4.79 Å². The third kappa shape index (κ3) is 6.84. The maximum Gasteiger partial charge on any atom is 0.160 e. The molecule has 2 N–H and O–H groups in total. The molecule has 5 nitrogen and oxygen atoms in total. The highest BCUT2D eigenvalue weighted by Gasteiger charge is 2.39. The number of amidine groups is 1. The van der Waals surface area contributed by atoms with Gasteiger partial charge < -0.3 is 15.2 Å². The number of nitrogens with zero attached hydrogens (tertiary/aromatic N) is 1. The van der Waals surface area contributed by atoms with E-state index in [-0.39, 0.29) is 12.4 Å². The Morgan fingerprint density at radius 2 is 1.58 bits per heavy atom. The van der Waals surface area contributed by atoms with Gasteiger partial charge in [0.1, 0.15) is 24.7 Å². The van der Waals surface area contributed by atoms with E-state index in [2.05, 4.69) is 4.99 Å². The molecule has 1 atom stereocenters. The Kier molecular flexibility index (Phi) is 8.10. The number of benzene rings is 2. The molecule has 2 aromatic carbocycles. The van der Waals surface area contributed by atoms with Crippen molar-refractivity contribution in [3.05, 3.63) is 60.2 Å². The Balaban J connectivity index is 1.64. The lowest BCUT2D eigenvalue weighted by molar-refractivity contribution is -0.123. The number of aliphatic imine (C=N–C) groups is 1. The molecule has 5 heteroatoms. The number of Topliss-reactive ketones (excluding diaryl/α,β-unsaturated/α-hetero) is 1. The number of ketones is 1. The van der Waals surface area contributed by atoms with Crippen molar-refractivity contribution < 1.29 is 14.3 Å². The molecule has 1 aliphatic carbocycles. The fourth-order valence-electron chi connectivity index (χ4n) is 4.24. The standard InChI is InChI=1S/C26H34N2O3/c1-20(29)26(28-21(2)27,17-22-9-5-3-6-10-22)19-31-25-15-13-24(14-16-25)30-18-23-11-7-4-8-12-23/h4,7-8,11-16,22H,3,5-6,9-10,17-19H2,1-2H3,(H2,27,28). The predicted molar refractivity (Wildman–Crippen MR) is 125 cm³/mol. The summed E-state index contributed by atoms with van der Waals surface area (Å²) in [6.07, 6.45) is 6.68. The van der Waals surface area contributed by atoms with E-state index in [1.54, 1.807) is 13.8 Å². The minimum absolute atomic E-state index is 0.00527. The van der Waals surface area contributed by atoms with Gasteiger partial charge in [0, 0.05) is 0 Å². The molecule has 1 aliphatic rings. The van der Waals surface area contributed by atoms with Gasteiger partial charge in [-0.1, -0.05) is 62.4 Å². The molecule has 0 heterocycles. The summed E-state index contributed by atoms with van der Waals surface area (Å²) in [5, 5.41) is 0. The van der Waals surface area contributed by atoms with Gasteiger partial charge in [-0.3, -0.25) is 9.79 Å². The normalized spacial score (nSPS) is 17.0. The third-order valence-electron chi connectivity index (χ3n) is 5.95. The fourth-order valence-corrected chi connectivity index (χ4v) is 4.24. The molecule has 1 unspecified atom stereocenters. The topological polar surface area (TPSA) is 73.9 Å². The molecule has 1 fully saturated rings. The highest BCUT2D eigenvalue weighted by molar-refractivity contribution is 5.90. The van der Waals surface area contributed by atoms with Gasteiger partial charge >= 0.3 is 0 Å². The van der Waals surface area contributed by atoms with Crippen LogP contribution in [0.15, 0.2) is 59.6 Å². The molecular formula is C26H34N2O3. The second-order valence-electron chi connectivity index (χ2n) is 8.58. The second kappa shape index (κ2) is 11.0. The molecule has 3 rings (SSSR count). The van der Waals surface area contributed by atoms with Gasteiger partial charge in [0.2, 0.25) is 0 Å². The summed E-state index contributed by atoms with van der Waals surface area (Å²) in [5.74, 6) is 2.36. The second-order valence-corrected chi connectivity index (χ2v) is 8.58. The largest absolute Gasteiger partial charge is 0.491 e. The van der Waals surface area contributed by atoms with Crippen LogP contribution in [0.1, 0.15) is 57.9 Å². The summed E-state index contributed by atoms with van der Waals surface area (Å²) in [4.78, 5) is 17.3. The minimum atomic E-state index is -0.927. The predicted octanol–water partition coefficient (Wildman–Crippen LogP) is 5.32. The number of carbonyl (C=O) groups is 1. The van der Waals surface area contributed by atoms with Crippen molar-refractivity contribution in [1.29, 1.82) is 0 Å². The van der Waals surface area contributed by atoms with Crippen LogP contribution in [-0.2, 0) is 11.4 Å². The van der Waals surface area contributed by atoms with Crippen LogP contribution in [0, 0.1) is 5.92 Å². The lowest BCUT2D eigenvalue weighted by atomic mass is 9.78. The van der Waals surface area contributed by atoms with Crippen LogP contribution in [0.3, 0.4) is 0 Å². The SMILES string of the molecule is CC(=O)C(COc1ccc(OCc2ccccc2)cc1)(CC1CCCCC1)N=C(C)N. The molecule has 1 saturated carbocycles. The van der Waals surface area contributed by atoms with E-state index < -0.39 is 5.54 Å². The number of hydrogen-bond acceptors (Lipinski definition) is 4. The highest BCUT2D eigenvalue weighted by atomic mass is 16.5. The number of nitrogens with two attached hydrogens (primary N) is 1.